The zero-order valence-electron chi connectivity index (χ0n) is 24.1. The maximum Gasteiger partial charge on any atom is 0.338 e. The predicted octanol–water partition coefficient (Wildman–Crippen LogP) is 4.27. The van der Waals surface area contributed by atoms with Gasteiger partial charge in [0.2, 0.25) is 0 Å². The first-order valence-corrected chi connectivity index (χ1v) is 14.3. The van der Waals surface area contributed by atoms with Gasteiger partial charge in [-0.15, -0.1) is 0 Å². The lowest BCUT2D eigenvalue weighted by atomic mass is 9.95. The smallest absolute Gasteiger partial charge is 0.338 e. The summed E-state index contributed by atoms with van der Waals surface area (Å²) >= 11 is 1.23. The molecule has 9 nitrogen and oxygen atoms in total. The summed E-state index contributed by atoms with van der Waals surface area (Å²) in [5.74, 6) is 1.04. The van der Waals surface area contributed by atoms with E-state index in [0.29, 0.717) is 55.6 Å². The topological polar surface area (TPSA) is 112 Å². The first-order chi connectivity index (χ1) is 20.9. The summed E-state index contributed by atoms with van der Waals surface area (Å²) in [6.07, 6.45) is 1.77. The number of ether oxygens (including phenoxy) is 4. The molecule has 5 rings (SSSR count). The molecule has 0 N–H and O–H groups in total. The molecule has 0 saturated carbocycles. The molecule has 10 heteroatoms. The van der Waals surface area contributed by atoms with E-state index in [0.717, 1.165) is 5.56 Å². The van der Waals surface area contributed by atoms with Gasteiger partial charge in [-0.1, -0.05) is 47.7 Å². The molecule has 0 aliphatic carbocycles. The maximum absolute atomic E-state index is 14.0. The van der Waals surface area contributed by atoms with Gasteiger partial charge in [0.05, 0.1) is 54.3 Å². The molecular weight excluding hydrogens is 566 g/mol. The zero-order chi connectivity index (χ0) is 30.5. The van der Waals surface area contributed by atoms with E-state index in [4.69, 9.17) is 24.2 Å². The van der Waals surface area contributed by atoms with Crippen molar-refractivity contribution in [1.29, 1.82) is 5.26 Å². The van der Waals surface area contributed by atoms with Crippen molar-refractivity contribution in [2.45, 2.75) is 26.5 Å². The fourth-order valence-electron chi connectivity index (χ4n) is 4.84. The van der Waals surface area contributed by atoms with E-state index >= 15 is 0 Å². The molecule has 3 aromatic carbocycles. The van der Waals surface area contributed by atoms with Crippen molar-refractivity contribution in [3.8, 4) is 23.3 Å². The maximum atomic E-state index is 14.0. The van der Waals surface area contributed by atoms with Gasteiger partial charge in [-0.05, 0) is 61.4 Å². The summed E-state index contributed by atoms with van der Waals surface area (Å²) < 4.78 is 24.4. The highest BCUT2D eigenvalue weighted by Crippen LogP contribution is 2.36. The minimum absolute atomic E-state index is 0.179. The van der Waals surface area contributed by atoms with Crippen LogP contribution in [0.3, 0.4) is 0 Å². The highest BCUT2D eigenvalue weighted by Gasteiger charge is 2.34. The molecule has 0 saturated heterocycles. The van der Waals surface area contributed by atoms with Crippen molar-refractivity contribution >= 4 is 23.4 Å². The summed E-state index contributed by atoms with van der Waals surface area (Å²) in [7, 11) is 3.07. The predicted molar refractivity (Wildman–Crippen MR) is 162 cm³/mol. The Bertz CT molecular complexity index is 1930. The second-order valence-electron chi connectivity index (χ2n) is 9.55. The van der Waals surface area contributed by atoms with E-state index in [2.05, 4.69) is 11.1 Å². The standard InChI is InChI=1S/C33H29N3O6S/c1-5-41-32(38)29-20(2)35-33-36(30(29)24-14-15-26(39-3)27(16-24)40-4)31(37)28(43-33)17-23-8-6-7-9-25(23)42-19-22-12-10-21(18-34)11-13-22/h6-17,30H,5,19H2,1-4H3/b28-17-/t30-/m0/s1. The molecule has 1 aliphatic heterocycles. The van der Waals surface area contributed by atoms with Crippen LogP contribution in [0.4, 0.5) is 0 Å². The minimum atomic E-state index is -0.792. The van der Waals surface area contributed by atoms with Crippen LogP contribution in [0.15, 0.2) is 87.8 Å². The van der Waals surface area contributed by atoms with Gasteiger partial charge in [0, 0.05) is 5.56 Å². The SMILES string of the molecule is CCOC(=O)C1=C(C)N=c2s/c(=C\c3ccccc3OCc3ccc(C#N)cc3)c(=O)n2[C@H]1c1ccc(OC)c(OC)c1. The van der Waals surface area contributed by atoms with Crippen LogP contribution < -0.4 is 29.1 Å². The Kier molecular flexibility index (Phi) is 8.74. The monoisotopic (exact) mass is 595 g/mol. The van der Waals surface area contributed by atoms with Crippen LogP contribution in [0.25, 0.3) is 6.08 Å². The lowest BCUT2D eigenvalue weighted by molar-refractivity contribution is -0.139. The molecule has 43 heavy (non-hydrogen) atoms. The highest BCUT2D eigenvalue weighted by molar-refractivity contribution is 7.07. The van der Waals surface area contributed by atoms with E-state index in [1.807, 2.05) is 36.4 Å². The van der Waals surface area contributed by atoms with E-state index in [9.17, 15) is 9.59 Å². The van der Waals surface area contributed by atoms with Crippen LogP contribution in [0.2, 0.25) is 0 Å². The second kappa shape index (κ2) is 12.8. The Morgan fingerprint density at radius 2 is 1.79 bits per heavy atom. The molecule has 0 bridgehead atoms. The summed E-state index contributed by atoms with van der Waals surface area (Å²) in [5.41, 5.74) is 3.28. The molecule has 1 aliphatic rings. The van der Waals surface area contributed by atoms with Crippen molar-refractivity contribution in [1.82, 2.24) is 4.57 Å². The molecule has 0 fully saturated rings. The van der Waals surface area contributed by atoms with Crippen LogP contribution in [0.5, 0.6) is 17.2 Å². The van der Waals surface area contributed by atoms with Gasteiger partial charge in [0.25, 0.3) is 5.56 Å². The van der Waals surface area contributed by atoms with Gasteiger partial charge >= 0.3 is 5.97 Å². The third kappa shape index (κ3) is 5.94. The van der Waals surface area contributed by atoms with Crippen molar-refractivity contribution in [2.75, 3.05) is 20.8 Å². The van der Waals surface area contributed by atoms with Crippen molar-refractivity contribution in [2.24, 2.45) is 4.99 Å². The van der Waals surface area contributed by atoms with Gasteiger partial charge in [-0.25, -0.2) is 9.79 Å². The molecule has 2 heterocycles. The van der Waals surface area contributed by atoms with E-state index in [1.165, 1.54) is 23.0 Å². The number of carbonyl (C=O) groups is 1. The number of esters is 1. The highest BCUT2D eigenvalue weighted by atomic mass is 32.1. The number of carbonyl (C=O) groups excluding carboxylic acids is 1. The first kappa shape index (κ1) is 29.4. The number of benzene rings is 3. The van der Waals surface area contributed by atoms with Gasteiger partial charge in [-0.2, -0.15) is 5.26 Å². The molecule has 0 radical (unpaired) electrons. The van der Waals surface area contributed by atoms with Crippen molar-refractivity contribution in [3.63, 3.8) is 0 Å². The lowest BCUT2D eigenvalue weighted by Crippen LogP contribution is -2.40. The Labute approximate surface area is 252 Å². The third-order valence-corrected chi connectivity index (χ3v) is 7.91. The molecule has 218 valence electrons. The molecule has 0 unspecified atom stereocenters. The lowest BCUT2D eigenvalue weighted by Gasteiger charge is -2.25. The van der Waals surface area contributed by atoms with Crippen LogP contribution in [0.1, 0.15) is 42.1 Å². The van der Waals surface area contributed by atoms with Gasteiger partial charge in [-0.3, -0.25) is 9.36 Å². The number of allylic oxidation sites excluding steroid dienone is 1. The van der Waals surface area contributed by atoms with E-state index < -0.39 is 12.0 Å². The number of nitrogens with zero attached hydrogens (tertiary/aromatic N) is 3. The Morgan fingerprint density at radius 1 is 1.05 bits per heavy atom. The zero-order valence-corrected chi connectivity index (χ0v) is 24.9. The minimum Gasteiger partial charge on any atom is -0.493 e. The summed E-state index contributed by atoms with van der Waals surface area (Å²) in [5, 5.41) is 9.05. The fourth-order valence-corrected chi connectivity index (χ4v) is 5.88. The number of fused-ring (bicyclic) bond motifs is 1. The molecule has 1 aromatic heterocycles. The average Bonchev–Trinajstić information content (AvgIpc) is 3.33. The van der Waals surface area contributed by atoms with Crippen LogP contribution >= 0.6 is 11.3 Å². The number of nitriles is 1. The third-order valence-electron chi connectivity index (χ3n) is 6.92. The van der Waals surface area contributed by atoms with Crippen molar-refractivity contribution in [3.05, 3.63) is 120 Å². The normalized spacial score (nSPS) is 14.4. The quantitative estimate of drug-likeness (QED) is 0.266. The van der Waals surface area contributed by atoms with Crippen LogP contribution in [-0.4, -0.2) is 31.4 Å². The van der Waals surface area contributed by atoms with E-state index in [1.54, 1.807) is 57.4 Å². The number of aromatic nitrogens is 1. The second-order valence-corrected chi connectivity index (χ2v) is 10.6. The first-order valence-electron chi connectivity index (χ1n) is 13.5. The fraction of sp³-hybridized carbons (Fsp3) is 0.212. The molecule has 0 spiro atoms. The average molecular weight is 596 g/mol. The Hall–Kier alpha value is -5.14. The van der Waals surface area contributed by atoms with Gasteiger partial charge < -0.3 is 18.9 Å². The molecule has 4 aromatic rings. The number of hydrogen-bond acceptors (Lipinski definition) is 9. The van der Waals surface area contributed by atoms with Crippen molar-refractivity contribution < 1.29 is 23.7 Å². The number of hydrogen-bond donors (Lipinski definition) is 0. The van der Waals surface area contributed by atoms with Crippen LogP contribution in [-0.2, 0) is 16.1 Å². The van der Waals surface area contributed by atoms with Gasteiger partial charge in [0.1, 0.15) is 12.4 Å². The Morgan fingerprint density at radius 3 is 2.49 bits per heavy atom. The summed E-state index contributed by atoms with van der Waals surface area (Å²) in [6.45, 7) is 3.94. The number of thiazole rings is 1. The molecule has 1 atom stereocenters. The molecular formula is C33H29N3O6S. The molecule has 0 amide bonds. The Balaban J connectivity index is 1.60. The van der Waals surface area contributed by atoms with E-state index in [-0.39, 0.29) is 17.7 Å². The largest absolute Gasteiger partial charge is 0.493 e. The van der Waals surface area contributed by atoms with Crippen LogP contribution in [0, 0.1) is 11.3 Å². The number of para-hydroxylation sites is 1. The number of methoxy groups -OCH3 is 2. The summed E-state index contributed by atoms with van der Waals surface area (Å²) in [4.78, 5) is 32.4. The number of rotatable bonds is 9. The van der Waals surface area contributed by atoms with Gasteiger partial charge in [0.15, 0.2) is 16.3 Å². The summed E-state index contributed by atoms with van der Waals surface area (Å²) in [6, 6.07) is 21.2.